The minimum Gasteiger partial charge on any atom is -0.352 e. The summed E-state index contributed by atoms with van der Waals surface area (Å²) in [5.74, 6) is 0.503. The molecule has 3 rings (SSSR count). The van der Waals surface area contributed by atoms with Crippen molar-refractivity contribution >= 4 is 27.5 Å². The number of hydrogen-bond donors (Lipinski definition) is 1. The van der Waals surface area contributed by atoms with Crippen LogP contribution in [0, 0.1) is 20.8 Å². The van der Waals surface area contributed by atoms with Gasteiger partial charge in [-0.1, -0.05) is 12.8 Å². The summed E-state index contributed by atoms with van der Waals surface area (Å²) in [5, 5.41) is 3.68. The van der Waals surface area contributed by atoms with E-state index in [4.69, 9.17) is 0 Å². The van der Waals surface area contributed by atoms with E-state index >= 15 is 0 Å². The number of nitrogens with one attached hydrogen (secondary N) is 1. The number of thiophene rings is 1. The molecule has 0 aromatic carbocycles. The summed E-state index contributed by atoms with van der Waals surface area (Å²) in [6.45, 7) is 5.77. The molecule has 5 nitrogen and oxygen atoms in total. The van der Waals surface area contributed by atoms with Crippen molar-refractivity contribution in [3.63, 3.8) is 0 Å². The van der Waals surface area contributed by atoms with E-state index in [1.807, 2.05) is 13.8 Å². The third kappa shape index (κ3) is 2.67. The molecule has 1 fully saturated rings. The fourth-order valence-corrected chi connectivity index (χ4v) is 4.17. The summed E-state index contributed by atoms with van der Waals surface area (Å²) in [6, 6.07) is 0.269. The van der Waals surface area contributed by atoms with E-state index in [2.05, 4.69) is 10.3 Å². The second-order valence-electron chi connectivity index (χ2n) is 6.06. The molecule has 2 heterocycles. The Morgan fingerprint density at radius 2 is 2.00 bits per heavy atom. The lowest BCUT2D eigenvalue weighted by molar-refractivity contribution is -0.122. The van der Waals surface area contributed by atoms with Crippen LogP contribution in [0.25, 0.3) is 10.2 Å². The van der Waals surface area contributed by atoms with Gasteiger partial charge < -0.3 is 5.32 Å². The lowest BCUT2D eigenvalue weighted by Crippen LogP contribution is -2.38. The molecule has 0 spiro atoms. The first-order chi connectivity index (χ1) is 10.5. The van der Waals surface area contributed by atoms with E-state index in [1.54, 1.807) is 6.92 Å². The van der Waals surface area contributed by atoms with Gasteiger partial charge in [-0.2, -0.15) is 0 Å². The zero-order chi connectivity index (χ0) is 15.9. The van der Waals surface area contributed by atoms with Crippen molar-refractivity contribution in [3.05, 3.63) is 26.6 Å². The Morgan fingerprint density at radius 3 is 2.68 bits per heavy atom. The predicted octanol–water partition coefficient (Wildman–Crippen LogP) is 2.44. The molecule has 0 unspecified atom stereocenters. The van der Waals surface area contributed by atoms with E-state index in [0.29, 0.717) is 11.2 Å². The molecule has 1 aliphatic rings. The molecule has 22 heavy (non-hydrogen) atoms. The zero-order valence-corrected chi connectivity index (χ0v) is 14.0. The summed E-state index contributed by atoms with van der Waals surface area (Å²) < 4.78 is 1.49. The number of nitrogens with zero attached hydrogens (tertiary/aromatic N) is 2. The Kier molecular flexibility index (Phi) is 4.04. The average molecular weight is 319 g/mol. The fourth-order valence-electron chi connectivity index (χ4n) is 3.10. The fraction of sp³-hybridized carbons (Fsp3) is 0.562. The molecule has 1 N–H and O–H groups in total. The number of aryl methyl sites for hydroxylation is 3. The number of carbonyl (C=O) groups excluding carboxylic acids is 1. The van der Waals surface area contributed by atoms with E-state index in [0.717, 1.165) is 28.1 Å². The van der Waals surface area contributed by atoms with Crippen LogP contribution in [0.15, 0.2) is 4.79 Å². The molecule has 0 saturated heterocycles. The number of aromatic nitrogens is 2. The van der Waals surface area contributed by atoms with Gasteiger partial charge in [-0.25, -0.2) is 4.98 Å². The highest BCUT2D eigenvalue weighted by Crippen LogP contribution is 2.26. The monoisotopic (exact) mass is 319 g/mol. The van der Waals surface area contributed by atoms with Crippen molar-refractivity contribution in [1.29, 1.82) is 0 Å². The number of amides is 1. The summed E-state index contributed by atoms with van der Waals surface area (Å²) >= 11 is 1.54. The van der Waals surface area contributed by atoms with Crippen LogP contribution in [0.3, 0.4) is 0 Å². The maximum atomic E-state index is 12.7. The topological polar surface area (TPSA) is 64.0 Å². The Labute approximate surface area is 133 Å². The first kappa shape index (κ1) is 15.2. The van der Waals surface area contributed by atoms with Gasteiger partial charge >= 0.3 is 0 Å². The van der Waals surface area contributed by atoms with Crippen LogP contribution in [-0.4, -0.2) is 21.5 Å². The highest BCUT2D eigenvalue weighted by atomic mass is 32.1. The molecule has 118 valence electrons. The molecule has 1 aliphatic carbocycles. The van der Waals surface area contributed by atoms with Gasteiger partial charge in [0.1, 0.15) is 17.2 Å². The van der Waals surface area contributed by atoms with Crippen molar-refractivity contribution in [2.75, 3.05) is 0 Å². The number of fused-ring (bicyclic) bond motifs is 1. The Balaban J connectivity index is 1.91. The summed E-state index contributed by atoms with van der Waals surface area (Å²) in [5.41, 5.74) is 0.869. The quantitative estimate of drug-likeness (QED) is 0.945. The lowest BCUT2D eigenvalue weighted by atomic mass is 10.2. The van der Waals surface area contributed by atoms with Crippen LogP contribution in [0.5, 0.6) is 0 Å². The van der Waals surface area contributed by atoms with E-state index in [1.165, 1.54) is 28.7 Å². The van der Waals surface area contributed by atoms with Crippen LogP contribution in [0.1, 0.15) is 41.9 Å². The SMILES string of the molecule is Cc1sc2nc(C)n(CC(=O)NC3CCCC3)c(=O)c2c1C. The highest BCUT2D eigenvalue weighted by Gasteiger charge is 2.19. The summed E-state index contributed by atoms with van der Waals surface area (Å²) in [7, 11) is 0. The molecule has 0 aliphatic heterocycles. The maximum absolute atomic E-state index is 12.7. The normalized spacial score (nSPS) is 15.6. The summed E-state index contributed by atoms with van der Waals surface area (Å²) in [4.78, 5) is 31.3. The Bertz CT molecular complexity index is 785. The molecule has 2 aromatic rings. The van der Waals surface area contributed by atoms with Crippen molar-refractivity contribution in [1.82, 2.24) is 14.9 Å². The Hall–Kier alpha value is -1.69. The van der Waals surface area contributed by atoms with Crippen LogP contribution < -0.4 is 10.9 Å². The van der Waals surface area contributed by atoms with Crippen molar-refractivity contribution < 1.29 is 4.79 Å². The van der Waals surface area contributed by atoms with Gasteiger partial charge in [-0.3, -0.25) is 14.2 Å². The number of rotatable bonds is 3. The number of carbonyl (C=O) groups is 1. The maximum Gasteiger partial charge on any atom is 0.263 e. The third-order valence-corrected chi connectivity index (χ3v) is 5.60. The Morgan fingerprint density at radius 1 is 1.32 bits per heavy atom. The van der Waals surface area contributed by atoms with Gasteiger partial charge in [-0.15, -0.1) is 11.3 Å². The predicted molar refractivity (Wildman–Crippen MR) is 88.5 cm³/mol. The average Bonchev–Trinajstić information content (AvgIpc) is 3.04. The second-order valence-corrected chi connectivity index (χ2v) is 7.27. The van der Waals surface area contributed by atoms with E-state index in [9.17, 15) is 9.59 Å². The molecule has 0 bridgehead atoms. The van der Waals surface area contributed by atoms with Crippen LogP contribution >= 0.6 is 11.3 Å². The first-order valence-electron chi connectivity index (χ1n) is 7.74. The smallest absolute Gasteiger partial charge is 0.263 e. The van der Waals surface area contributed by atoms with E-state index in [-0.39, 0.29) is 24.1 Å². The minimum absolute atomic E-state index is 0.0540. The number of hydrogen-bond acceptors (Lipinski definition) is 4. The van der Waals surface area contributed by atoms with Crippen molar-refractivity contribution in [2.24, 2.45) is 0 Å². The molecule has 1 amide bonds. The summed E-state index contributed by atoms with van der Waals surface area (Å²) in [6.07, 6.45) is 4.43. The van der Waals surface area contributed by atoms with Crippen LogP contribution in [0.2, 0.25) is 0 Å². The molecular weight excluding hydrogens is 298 g/mol. The second kappa shape index (κ2) is 5.83. The van der Waals surface area contributed by atoms with Crippen molar-refractivity contribution in [2.45, 2.75) is 59.0 Å². The standard InChI is InChI=1S/C16H21N3O2S/c1-9-10(2)22-15-14(9)16(21)19(11(3)17-15)8-13(20)18-12-6-4-5-7-12/h12H,4-8H2,1-3H3,(H,18,20). The lowest BCUT2D eigenvalue weighted by Gasteiger charge is -2.14. The van der Waals surface area contributed by atoms with Gasteiger partial charge in [0.2, 0.25) is 5.91 Å². The van der Waals surface area contributed by atoms with Gasteiger partial charge in [0.25, 0.3) is 5.56 Å². The largest absolute Gasteiger partial charge is 0.352 e. The van der Waals surface area contributed by atoms with Gasteiger partial charge in [0.15, 0.2) is 0 Å². The molecule has 2 aromatic heterocycles. The highest BCUT2D eigenvalue weighted by molar-refractivity contribution is 7.18. The van der Waals surface area contributed by atoms with Crippen molar-refractivity contribution in [3.8, 4) is 0 Å². The molecule has 0 atom stereocenters. The van der Waals surface area contributed by atoms with Gasteiger partial charge in [-0.05, 0) is 39.2 Å². The van der Waals surface area contributed by atoms with Crippen LogP contribution in [-0.2, 0) is 11.3 Å². The van der Waals surface area contributed by atoms with Crippen LogP contribution in [0.4, 0.5) is 0 Å². The molecule has 1 saturated carbocycles. The third-order valence-electron chi connectivity index (χ3n) is 4.50. The first-order valence-corrected chi connectivity index (χ1v) is 8.55. The molecule has 0 radical (unpaired) electrons. The van der Waals surface area contributed by atoms with Gasteiger partial charge in [0.05, 0.1) is 5.39 Å². The van der Waals surface area contributed by atoms with Gasteiger partial charge in [0, 0.05) is 10.9 Å². The minimum atomic E-state index is -0.106. The molecular formula is C16H21N3O2S. The molecule has 6 heteroatoms. The zero-order valence-electron chi connectivity index (χ0n) is 13.2. The van der Waals surface area contributed by atoms with E-state index < -0.39 is 0 Å².